The summed E-state index contributed by atoms with van der Waals surface area (Å²) in [5, 5.41) is 14.6. The third-order valence-corrected chi connectivity index (χ3v) is 4.46. The van der Waals surface area contributed by atoms with E-state index < -0.39 is 0 Å². The third-order valence-electron chi connectivity index (χ3n) is 3.26. The summed E-state index contributed by atoms with van der Waals surface area (Å²) in [5.41, 5.74) is 1.66. The van der Waals surface area contributed by atoms with E-state index in [1.807, 2.05) is 24.3 Å². The van der Waals surface area contributed by atoms with E-state index in [1.165, 1.54) is 0 Å². The van der Waals surface area contributed by atoms with Crippen molar-refractivity contribution in [1.82, 2.24) is 19.8 Å². The fraction of sp³-hybridized carbons (Fsp3) is 0.353. The van der Waals surface area contributed by atoms with Gasteiger partial charge >= 0.3 is 0 Å². The molecule has 1 unspecified atom stereocenters. The van der Waals surface area contributed by atoms with Crippen LogP contribution in [-0.2, 0) is 0 Å². The van der Waals surface area contributed by atoms with Crippen molar-refractivity contribution in [2.24, 2.45) is 0 Å². The maximum Gasteiger partial charge on any atom is 0.185 e. The molecule has 2 heterocycles. The van der Waals surface area contributed by atoms with Gasteiger partial charge in [0.2, 0.25) is 0 Å². The average molecular weight is 314 g/mol. The molecule has 0 bridgehead atoms. The molecule has 0 spiro atoms. The van der Waals surface area contributed by atoms with Gasteiger partial charge in [0.25, 0.3) is 0 Å². The lowest BCUT2D eigenvalue weighted by atomic mass is 10.2. The molecule has 0 radical (unpaired) electrons. The van der Waals surface area contributed by atoms with Crippen LogP contribution in [0.25, 0.3) is 11.2 Å². The van der Waals surface area contributed by atoms with Crippen molar-refractivity contribution in [3.63, 3.8) is 0 Å². The Morgan fingerprint density at radius 2 is 2.18 bits per heavy atom. The molecule has 0 amide bonds. The van der Waals surface area contributed by atoms with Gasteiger partial charge in [0.1, 0.15) is 5.03 Å². The van der Waals surface area contributed by atoms with Crippen LogP contribution in [0.1, 0.15) is 39.4 Å². The number of nitrogens with zero attached hydrogens (tertiary/aromatic N) is 4. The van der Waals surface area contributed by atoms with Crippen molar-refractivity contribution in [2.45, 2.75) is 43.9 Å². The zero-order valence-corrected chi connectivity index (χ0v) is 14.2. The van der Waals surface area contributed by atoms with Crippen LogP contribution < -0.4 is 0 Å². The number of hydrogen-bond donors (Lipinski definition) is 0. The fourth-order valence-corrected chi connectivity index (χ4v) is 2.70. The molecule has 4 nitrogen and oxygen atoms in total. The summed E-state index contributed by atoms with van der Waals surface area (Å²) < 4.78 is 1.79. The van der Waals surface area contributed by atoms with Gasteiger partial charge in [-0.2, -0.15) is 9.61 Å². The summed E-state index contributed by atoms with van der Waals surface area (Å²) in [7, 11) is 0. The largest absolute Gasteiger partial charge is 0.192 e. The Hall–Kier alpha value is -1.88. The first-order valence-corrected chi connectivity index (χ1v) is 8.46. The number of rotatable bonds is 7. The molecule has 1 atom stereocenters. The van der Waals surface area contributed by atoms with Gasteiger partial charge in [0, 0.05) is 10.8 Å². The average Bonchev–Trinajstić information content (AvgIpc) is 2.94. The van der Waals surface area contributed by atoms with Crippen LogP contribution in [0.2, 0.25) is 0 Å². The van der Waals surface area contributed by atoms with Crippen LogP contribution in [0.5, 0.6) is 0 Å². The summed E-state index contributed by atoms with van der Waals surface area (Å²) in [6.45, 7) is 10.4. The van der Waals surface area contributed by atoms with Crippen molar-refractivity contribution < 1.29 is 0 Å². The number of allylic oxidation sites excluding steroid dienone is 5. The van der Waals surface area contributed by atoms with Crippen LogP contribution in [-0.4, -0.2) is 25.1 Å². The van der Waals surface area contributed by atoms with Crippen LogP contribution in [0.4, 0.5) is 0 Å². The lowest BCUT2D eigenvalue weighted by Crippen LogP contribution is -2.01. The Bertz CT molecular complexity index is 700. The van der Waals surface area contributed by atoms with Gasteiger partial charge in [-0.25, -0.2) is 0 Å². The van der Waals surface area contributed by atoms with Gasteiger partial charge in [0.05, 0.1) is 0 Å². The van der Waals surface area contributed by atoms with E-state index in [0.717, 1.165) is 34.9 Å². The van der Waals surface area contributed by atoms with Crippen molar-refractivity contribution in [2.75, 3.05) is 0 Å². The molecule has 0 aliphatic carbocycles. The molecule has 0 fully saturated rings. The Labute approximate surface area is 136 Å². The lowest BCUT2D eigenvalue weighted by Gasteiger charge is -2.07. The first-order chi connectivity index (χ1) is 10.7. The third kappa shape index (κ3) is 3.85. The predicted octanol–water partition coefficient (Wildman–Crippen LogP) is 4.55. The van der Waals surface area contributed by atoms with Gasteiger partial charge in [-0.1, -0.05) is 51.7 Å². The van der Waals surface area contributed by atoms with Crippen LogP contribution in [0.3, 0.4) is 0 Å². The number of hydrogen-bond acceptors (Lipinski definition) is 4. The maximum atomic E-state index is 4.66. The van der Waals surface area contributed by atoms with Crippen molar-refractivity contribution in [3.05, 3.63) is 48.8 Å². The second-order valence-electron chi connectivity index (χ2n) is 4.96. The molecule has 2 rings (SSSR count). The van der Waals surface area contributed by atoms with E-state index in [9.17, 15) is 0 Å². The molecule has 0 N–H and O–H groups in total. The Morgan fingerprint density at radius 3 is 2.86 bits per heavy atom. The highest BCUT2D eigenvalue weighted by molar-refractivity contribution is 7.99. The minimum Gasteiger partial charge on any atom is -0.192 e. The first kappa shape index (κ1) is 16.5. The Morgan fingerprint density at radius 1 is 1.36 bits per heavy atom. The summed E-state index contributed by atoms with van der Waals surface area (Å²) in [5.74, 6) is 0.720. The number of aromatic nitrogens is 4. The predicted molar refractivity (Wildman–Crippen MR) is 94.0 cm³/mol. The topological polar surface area (TPSA) is 43.1 Å². The smallest absolute Gasteiger partial charge is 0.185 e. The normalized spacial score (nSPS) is 13.9. The lowest BCUT2D eigenvalue weighted by molar-refractivity contribution is 0.830. The second kappa shape index (κ2) is 7.94. The summed E-state index contributed by atoms with van der Waals surface area (Å²) in [6.07, 6.45) is 9.98. The van der Waals surface area contributed by atoms with E-state index in [0.29, 0.717) is 5.25 Å². The van der Waals surface area contributed by atoms with Gasteiger partial charge < -0.3 is 0 Å². The quantitative estimate of drug-likeness (QED) is 0.555. The van der Waals surface area contributed by atoms with E-state index in [1.54, 1.807) is 22.4 Å². The van der Waals surface area contributed by atoms with Gasteiger partial charge in [0.15, 0.2) is 11.5 Å². The molecule has 0 aliphatic heterocycles. The standard InChI is InChI=1S/C17H22N4S/c1-5-8-9-10-14(7-3)17-19-18-15-11-12-16(20-21(15)17)22-13(4)6-2/h7-13H,3,5-6H2,1-2,4H3/b9-8-,14-10+. The molecule has 0 saturated heterocycles. The summed E-state index contributed by atoms with van der Waals surface area (Å²) >= 11 is 1.76. The molecule has 2 aromatic rings. The van der Waals surface area contributed by atoms with Gasteiger partial charge in [-0.3, -0.25) is 0 Å². The Balaban J connectivity index is 2.41. The van der Waals surface area contributed by atoms with E-state index in [4.69, 9.17) is 0 Å². The molecular weight excluding hydrogens is 292 g/mol. The zero-order valence-electron chi connectivity index (χ0n) is 13.4. The molecule has 22 heavy (non-hydrogen) atoms. The highest BCUT2D eigenvalue weighted by Gasteiger charge is 2.11. The van der Waals surface area contributed by atoms with E-state index >= 15 is 0 Å². The number of fused-ring (bicyclic) bond motifs is 1. The fourth-order valence-electron chi connectivity index (χ4n) is 1.85. The summed E-state index contributed by atoms with van der Waals surface area (Å²) in [6, 6.07) is 3.95. The molecule has 116 valence electrons. The highest BCUT2D eigenvalue weighted by atomic mass is 32.2. The molecule has 2 aromatic heterocycles. The molecule has 0 saturated carbocycles. The van der Waals surface area contributed by atoms with Crippen molar-refractivity contribution in [1.29, 1.82) is 0 Å². The van der Waals surface area contributed by atoms with Crippen LogP contribution in [0.15, 0.2) is 48.0 Å². The van der Waals surface area contributed by atoms with Gasteiger partial charge in [-0.15, -0.1) is 22.0 Å². The first-order valence-electron chi connectivity index (χ1n) is 7.58. The SMILES string of the molecule is C=C/C(=C\C=C/CC)c1nnc2ccc(SC(C)CC)nn12. The maximum absolute atomic E-state index is 4.66. The molecule has 0 aliphatic rings. The number of thioether (sulfide) groups is 1. The zero-order chi connectivity index (χ0) is 15.9. The highest BCUT2D eigenvalue weighted by Crippen LogP contribution is 2.24. The Kier molecular flexibility index (Phi) is 5.95. The molecule has 5 heteroatoms. The van der Waals surface area contributed by atoms with Crippen LogP contribution >= 0.6 is 11.8 Å². The van der Waals surface area contributed by atoms with E-state index in [2.05, 4.69) is 48.7 Å². The second-order valence-corrected chi connectivity index (χ2v) is 6.42. The monoisotopic (exact) mass is 314 g/mol. The molecule has 0 aromatic carbocycles. The van der Waals surface area contributed by atoms with Crippen molar-refractivity contribution >= 4 is 23.0 Å². The minimum atomic E-state index is 0.534. The summed E-state index contributed by atoms with van der Waals surface area (Å²) in [4.78, 5) is 0. The van der Waals surface area contributed by atoms with E-state index in [-0.39, 0.29) is 0 Å². The molecular formula is C17H22N4S. The minimum absolute atomic E-state index is 0.534. The van der Waals surface area contributed by atoms with Crippen LogP contribution in [0, 0.1) is 0 Å². The van der Waals surface area contributed by atoms with Gasteiger partial charge in [-0.05, 0) is 25.0 Å². The van der Waals surface area contributed by atoms with Crippen molar-refractivity contribution in [3.8, 4) is 0 Å².